The molecule has 1 unspecified atom stereocenters. The van der Waals surface area contributed by atoms with E-state index in [9.17, 15) is 4.79 Å². The van der Waals surface area contributed by atoms with E-state index in [0.29, 0.717) is 25.3 Å². The van der Waals surface area contributed by atoms with Crippen LogP contribution in [0.15, 0.2) is 24.3 Å². The van der Waals surface area contributed by atoms with Crippen LogP contribution in [-0.4, -0.2) is 30.2 Å². The Kier molecular flexibility index (Phi) is 5.03. The Hall–Kier alpha value is -1.99. The zero-order valence-electron chi connectivity index (χ0n) is 11.9. The molecular formula is C16H19NO3. The number of nitrogens with zero attached hydrogens (tertiary/aromatic N) is 1. The average molecular weight is 273 g/mol. The van der Waals surface area contributed by atoms with Crippen LogP contribution in [0.4, 0.5) is 0 Å². The van der Waals surface area contributed by atoms with Crippen molar-refractivity contribution in [2.75, 3.05) is 13.2 Å². The third-order valence-electron chi connectivity index (χ3n) is 2.98. The van der Waals surface area contributed by atoms with Crippen molar-refractivity contribution >= 4 is 5.91 Å². The van der Waals surface area contributed by atoms with Gasteiger partial charge in [-0.1, -0.05) is 12.1 Å². The second-order valence-electron chi connectivity index (χ2n) is 4.52. The van der Waals surface area contributed by atoms with Crippen LogP contribution in [0.3, 0.4) is 0 Å². The third-order valence-corrected chi connectivity index (χ3v) is 2.98. The van der Waals surface area contributed by atoms with Gasteiger partial charge >= 0.3 is 0 Å². The minimum Gasteiger partial charge on any atom is -0.464 e. The number of carbonyl (C=O) groups is 1. The fourth-order valence-corrected chi connectivity index (χ4v) is 2.01. The van der Waals surface area contributed by atoms with Crippen molar-refractivity contribution in [2.45, 2.75) is 33.0 Å². The van der Waals surface area contributed by atoms with Gasteiger partial charge in [-0.3, -0.25) is 9.69 Å². The first-order valence-electron chi connectivity index (χ1n) is 6.90. The molecule has 0 spiro atoms. The Morgan fingerprint density at radius 1 is 1.40 bits per heavy atom. The minimum absolute atomic E-state index is 0.0959. The van der Waals surface area contributed by atoms with E-state index in [4.69, 9.17) is 9.47 Å². The Morgan fingerprint density at radius 3 is 2.90 bits per heavy atom. The molecule has 4 heteroatoms. The van der Waals surface area contributed by atoms with Crippen LogP contribution in [0.2, 0.25) is 0 Å². The van der Waals surface area contributed by atoms with Crippen LogP contribution < -0.4 is 4.74 Å². The van der Waals surface area contributed by atoms with Gasteiger partial charge in [0, 0.05) is 25.6 Å². The maximum atomic E-state index is 11.5. The normalized spacial score (nSPS) is 15.7. The molecule has 0 N–H and O–H groups in total. The molecule has 1 atom stereocenters. The van der Waals surface area contributed by atoms with Crippen LogP contribution in [-0.2, 0) is 9.53 Å². The van der Waals surface area contributed by atoms with Crippen molar-refractivity contribution in [3.63, 3.8) is 0 Å². The molecule has 1 aliphatic rings. The van der Waals surface area contributed by atoms with Gasteiger partial charge in [0.25, 0.3) is 0 Å². The maximum Gasteiger partial charge on any atom is 0.234 e. The van der Waals surface area contributed by atoms with Gasteiger partial charge in [0.2, 0.25) is 5.91 Å². The smallest absolute Gasteiger partial charge is 0.234 e. The first-order valence-corrected chi connectivity index (χ1v) is 6.90. The molecule has 1 aromatic carbocycles. The van der Waals surface area contributed by atoms with E-state index >= 15 is 0 Å². The fourth-order valence-electron chi connectivity index (χ4n) is 2.01. The van der Waals surface area contributed by atoms with Gasteiger partial charge in [0.15, 0.2) is 6.29 Å². The van der Waals surface area contributed by atoms with Gasteiger partial charge in [-0.2, -0.15) is 0 Å². The topological polar surface area (TPSA) is 38.8 Å². The van der Waals surface area contributed by atoms with Gasteiger partial charge in [-0.25, -0.2) is 0 Å². The quantitative estimate of drug-likeness (QED) is 0.624. The van der Waals surface area contributed by atoms with Crippen molar-refractivity contribution in [3.05, 3.63) is 29.8 Å². The molecule has 0 bridgehead atoms. The van der Waals surface area contributed by atoms with Crippen LogP contribution in [0.1, 0.15) is 32.3 Å². The van der Waals surface area contributed by atoms with Crippen molar-refractivity contribution < 1.29 is 14.3 Å². The summed E-state index contributed by atoms with van der Waals surface area (Å²) in [4.78, 5) is 13.1. The van der Waals surface area contributed by atoms with E-state index in [0.717, 1.165) is 12.0 Å². The van der Waals surface area contributed by atoms with Crippen molar-refractivity contribution in [2.24, 2.45) is 0 Å². The van der Waals surface area contributed by atoms with Gasteiger partial charge < -0.3 is 9.47 Å². The van der Waals surface area contributed by atoms with Crippen LogP contribution >= 0.6 is 0 Å². The average Bonchev–Trinajstić information content (AvgIpc) is 2.83. The van der Waals surface area contributed by atoms with E-state index in [-0.39, 0.29) is 12.2 Å². The number of hydrogen-bond acceptors (Lipinski definition) is 3. The molecule has 1 fully saturated rings. The van der Waals surface area contributed by atoms with Crippen LogP contribution in [0.5, 0.6) is 5.75 Å². The molecule has 20 heavy (non-hydrogen) atoms. The Balaban J connectivity index is 2.11. The highest BCUT2D eigenvalue weighted by Crippen LogP contribution is 2.19. The standard InChI is InChI=1S/C16H19NO3/c1-3-19-13(2)20-15-8-5-4-7-14(15)10-12-17-11-6-9-16(17)18/h4-5,7-8,13H,3,6,9,11H2,1-2H3. The lowest BCUT2D eigenvalue weighted by atomic mass is 10.2. The second-order valence-corrected chi connectivity index (χ2v) is 4.52. The van der Waals surface area contributed by atoms with Crippen molar-refractivity contribution in [1.82, 2.24) is 4.90 Å². The Labute approximate surface area is 119 Å². The molecule has 1 heterocycles. The number of ether oxygens (including phenoxy) is 2. The number of hydrogen-bond donors (Lipinski definition) is 0. The Morgan fingerprint density at radius 2 is 2.20 bits per heavy atom. The molecular weight excluding hydrogens is 254 g/mol. The summed E-state index contributed by atoms with van der Waals surface area (Å²) >= 11 is 0. The SMILES string of the molecule is CCOC(C)Oc1ccccc1C#CN1CCCC1=O. The van der Waals surface area contributed by atoms with Crippen LogP contribution in [0.25, 0.3) is 0 Å². The molecule has 1 saturated heterocycles. The zero-order valence-corrected chi connectivity index (χ0v) is 11.9. The highest BCUT2D eigenvalue weighted by Gasteiger charge is 2.18. The summed E-state index contributed by atoms with van der Waals surface area (Å²) in [6.07, 6.45) is 1.15. The van der Waals surface area contributed by atoms with E-state index in [2.05, 4.69) is 12.0 Å². The molecule has 0 aromatic heterocycles. The van der Waals surface area contributed by atoms with E-state index in [1.165, 1.54) is 0 Å². The second kappa shape index (κ2) is 6.97. The predicted molar refractivity (Wildman–Crippen MR) is 76.0 cm³/mol. The van der Waals surface area contributed by atoms with Crippen molar-refractivity contribution in [1.29, 1.82) is 0 Å². The number of carbonyl (C=O) groups excluding carboxylic acids is 1. The Bertz CT molecular complexity index is 530. The first kappa shape index (κ1) is 14.4. The molecule has 0 saturated carbocycles. The zero-order chi connectivity index (χ0) is 14.4. The summed E-state index contributed by atoms with van der Waals surface area (Å²) in [7, 11) is 0. The lowest BCUT2D eigenvalue weighted by Gasteiger charge is -2.15. The number of rotatable bonds is 4. The number of para-hydroxylation sites is 1. The van der Waals surface area contributed by atoms with E-state index in [1.807, 2.05) is 38.1 Å². The van der Waals surface area contributed by atoms with E-state index < -0.39 is 0 Å². The summed E-state index contributed by atoms with van der Waals surface area (Å²) in [5, 5.41) is 0. The third kappa shape index (κ3) is 3.75. The monoisotopic (exact) mass is 273 g/mol. The largest absolute Gasteiger partial charge is 0.464 e. The van der Waals surface area contributed by atoms with Crippen LogP contribution in [0, 0.1) is 12.0 Å². The number of benzene rings is 1. The van der Waals surface area contributed by atoms with Crippen molar-refractivity contribution in [3.8, 4) is 17.7 Å². The van der Waals surface area contributed by atoms with Gasteiger partial charge in [0.1, 0.15) is 5.75 Å². The summed E-state index contributed by atoms with van der Waals surface area (Å²) in [6.45, 7) is 5.07. The lowest BCUT2D eigenvalue weighted by molar-refractivity contribution is -0.125. The van der Waals surface area contributed by atoms with E-state index in [1.54, 1.807) is 4.90 Å². The molecule has 0 aliphatic carbocycles. The highest BCUT2D eigenvalue weighted by molar-refractivity contribution is 5.80. The van der Waals surface area contributed by atoms with Gasteiger partial charge in [-0.05, 0) is 38.3 Å². The van der Waals surface area contributed by atoms with Gasteiger partial charge in [-0.15, -0.1) is 0 Å². The summed E-state index contributed by atoms with van der Waals surface area (Å²) in [6, 6.07) is 10.4. The molecule has 2 rings (SSSR count). The summed E-state index contributed by atoms with van der Waals surface area (Å²) < 4.78 is 11.1. The lowest BCUT2D eigenvalue weighted by Crippen LogP contribution is -2.18. The number of amides is 1. The highest BCUT2D eigenvalue weighted by atomic mass is 16.7. The van der Waals surface area contributed by atoms with Gasteiger partial charge in [0.05, 0.1) is 5.56 Å². The summed E-state index contributed by atoms with van der Waals surface area (Å²) in [5.41, 5.74) is 0.763. The predicted octanol–water partition coefficient (Wildman–Crippen LogP) is 2.38. The molecule has 0 radical (unpaired) electrons. The summed E-state index contributed by atoms with van der Waals surface area (Å²) in [5.74, 6) is 3.78. The maximum absolute atomic E-state index is 11.5. The molecule has 106 valence electrons. The molecule has 1 amide bonds. The number of likely N-dealkylation sites (tertiary alicyclic amines) is 1. The molecule has 1 aliphatic heterocycles. The minimum atomic E-state index is -0.323. The fraction of sp³-hybridized carbons (Fsp3) is 0.438. The first-order chi connectivity index (χ1) is 9.70. The molecule has 4 nitrogen and oxygen atoms in total. The molecule has 1 aromatic rings.